The molecule has 3 heteroatoms. The number of hydrogen-bond donors (Lipinski definition) is 1. The second-order valence-electron chi connectivity index (χ2n) is 5.43. The number of hydrogen-bond acceptors (Lipinski definition) is 2. The molecule has 1 aliphatic heterocycles. The lowest BCUT2D eigenvalue weighted by Crippen LogP contribution is -2.35. The summed E-state index contributed by atoms with van der Waals surface area (Å²) in [6.45, 7) is 5.79. The van der Waals surface area contributed by atoms with Crippen LogP contribution in [0.5, 0.6) is 0 Å². The van der Waals surface area contributed by atoms with Gasteiger partial charge >= 0.3 is 0 Å². The Hall–Kier alpha value is -0.570. The fraction of sp³-hybridized carbons (Fsp3) is 0.600. The first-order valence-electron chi connectivity index (χ1n) is 6.82. The fourth-order valence-electron chi connectivity index (χ4n) is 2.50. The van der Waals surface area contributed by atoms with Crippen molar-refractivity contribution in [1.82, 2.24) is 10.2 Å². The second-order valence-corrected chi connectivity index (χ2v) is 5.87. The molecule has 0 spiro atoms. The number of nitrogens with zero attached hydrogens (tertiary/aromatic N) is 1. The highest BCUT2D eigenvalue weighted by atomic mass is 35.5. The van der Waals surface area contributed by atoms with E-state index in [-0.39, 0.29) is 0 Å². The van der Waals surface area contributed by atoms with Gasteiger partial charge in [0.05, 0.1) is 0 Å². The number of halogens is 1. The van der Waals surface area contributed by atoms with Crippen molar-refractivity contribution in [2.24, 2.45) is 5.92 Å². The van der Waals surface area contributed by atoms with Crippen molar-refractivity contribution < 1.29 is 0 Å². The van der Waals surface area contributed by atoms with Crippen LogP contribution in [0.2, 0.25) is 5.02 Å². The minimum atomic E-state index is 0.378. The summed E-state index contributed by atoms with van der Waals surface area (Å²) in [5.41, 5.74) is 1.27. The number of nitrogens with one attached hydrogen (secondary N) is 1. The quantitative estimate of drug-likeness (QED) is 0.899. The first-order valence-corrected chi connectivity index (χ1v) is 7.20. The SMILES string of the molecule is C[C@H](NCC1CCN(C)CC1)c1cccc(Cl)c1. The van der Waals surface area contributed by atoms with E-state index in [2.05, 4.69) is 30.3 Å². The fourth-order valence-corrected chi connectivity index (χ4v) is 2.70. The Morgan fingerprint density at radius 3 is 2.78 bits per heavy atom. The van der Waals surface area contributed by atoms with E-state index in [0.717, 1.165) is 17.5 Å². The Bertz CT molecular complexity index is 373. The Morgan fingerprint density at radius 1 is 1.39 bits per heavy atom. The van der Waals surface area contributed by atoms with Crippen molar-refractivity contribution in [2.45, 2.75) is 25.8 Å². The maximum atomic E-state index is 6.02. The standard InChI is InChI=1S/C15H23ClN2/c1-12(14-4-3-5-15(16)10-14)17-11-13-6-8-18(2)9-7-13/h3-5,10,12-13,17H,6-9,11H2,1-2H3/t12-/m0/s1. The lowest BCUT2D eigenvalue weighted by molar-refractivity contribution is 0.213. The second kappa shape index (κ2) is 6.55. The molecular formula is C15H23ClN2. The van der Waals surface area contributed by atoms with E-state index in [0.29, 0.717) is 6.04 Å². The monoisotopic (exact) mass is 266 g/mol. The molecule has 1 aliphatic rings. The largest absolute Gasteiger partial charge is 0.310 e. The predicted octanol–water partition coefficient (Wildman–Crippen LogP) is 3.33. The van der Waals surface area contributed by atoms with Crippen LogP contribution in [-0.2, 0) is 0 Å². The zero-order chi connectivity index (χ0) is 13.0. The summed E-state index contributed by atoms with van der Waals surface area (Å²) in [5.74, 6) is 0.822. The van der Waals surface area contributed by atoms with E-state index < -0.39 is 0 Å². The molecule has 0 bridgehead atoms. The highest BCUT2D eigenvalue weighted by Crippen LogP contribution is 2.19. The average Bonchev–Trinajstić information content (AvgIpc) is 2.38. The Morgan fingerprint density at radius 2 is 2.11 bits per heavy atom. The third kappa shape index (κ3) is 3.98. The first kappa shape index (κ1) is 13.9. The van der Waals surface area contributed by atoms with E-state index in [1.54, 1.807) is 0 Å². The molecule has 0 aliphatic carbocycles. The van der Waals surface area contributed by atoms with E-state index in [1.807, 2.05) is 18.2 Å². The van der Waals surface area contributed by atoms with Gasteiger partial charge in [-0.05, 0) is 70.1 Å². The van der Waals surface area contributed by atoms with Gasteiger partial charge in [-0.15, -0.1) is 0 Å². The predicted molar refractivity (Wildman–Crippen MR) is 78.1 cm³/mol. The van der Waals surface area contributed by atoms with Gasteiger partial charge in [0.25, 0.3) is 0 Å². The van der Waals surface area contributed by atoms with Crippen LogP contribution in [0.1, 0.15) is 31.4 Å². The maximum absolute atomic E-state index is 6.02. The van der Waals surface area contributed by atoms with Crippen LogP contribution in [0.3, 0.4) is 0 Å². The van der Waals surface area contributed by atoms with Gasteiger partial charge in [0.1, 0.15) is 0 Å². The summed E-state index contributed by atoms with van der Waals surface area (Å²) < 4.78 is 0. The molecule has 2 nitrogen and oxygen atoms in total. The minimum absolute atomic E-state index is 0.378. The molecule has 0 aromatic heterocycles. The van der Waals surface area contributed by atoms with Crippen molar-refractivity contribution >= 4 is 11.6 Å². The van der Waals surface area contributed by atoms with E-state index >= 15 is 0 Å². The van der Waals surface area contributed by atoms with Crippen LogP contribution in [0, 0.1) is 5.92 Å². The zero-order valence-electron chi connectivity index (χ0n) is 11.3. The summed E-state index contributed by atoms with van der Waals surface area (Å²) in [7, 11) is 2.21. The zero-order valence-corrected chi connectivity index (χ0v) is 12.1. The molecule has 1 heterocycles. The van der Waals surface area contributed by atoms with Crippen LogP contribution >= 0.6 is 11.6 Å². The first-order chi connectivity index (χ1) is 8.65. The highest BCUT2D eigenvalue weighted by Gasteiger charge is 2.17. The Kier molecular flexibility index (Phi) is 5.04. The number of likely N-dealkylation sites (tertiary alicyclic amines) is 1. The van der Waals surface area contributed by atoms with Gasteiger partial charge in [0.15, 0.2) is 0 Å². The van der Waals surface area contributed by atoms with Crippen LogP contribution in [0.4, 0.5) is 0 Å². The van der Waals surface area contributed by atoms with Crippen molar-refractivity contribution in [3.05, 3.63) is 34.9 Å². The molecule has 1 aromatic rings. The maximum Gasteiger partial charge on any atom is 0.0409 e. The molecule has 2 rings (SSSR count). The molecule has 1 saturated heterocycles. The molecule has 0 unspecified atom stereocenters. The van der Waals surface area contributed by atoms with Gasteiger partial charge in [-0.2, -0.15) is 0 Å². The third-order valence-electron chi connectivity index (χ3n) is 3.90. The van der Waals surface area contributed by atoms with Gasteiger partial charge in [0, 0.05) is 11.1 Å². The van der Waals surface area contributed by atoms with E-state index in [4.69, 9.17) is 11.6 Å². The van der Waals surface area contributed by atoms with Crippen LogP contribution in [-0.4, -0.2) is 31.6 Å². The van der Waals surface area contributed by atoms with Crippen molar-refractivity contribution in [3.63, 3.8) is 0 Å². The normalized spacial score (nSPS) is 19.9. The summed E-state index contributed by atoms with van der Waals surface area (Å²) in [6, 6.07) is 8.51. The molecule has 0 amide bonds. The van der Waals surface area contributed by atoms with Crippen LogP contribution < -0.4 is 5.32 Å². The van der Waals surface area contributed by atoms with Gasteiger partial charge in [-0.3, -0.25) is 0 Å². The van der Waals surface area contributed by atoms with E-state index in [9.17, 15) is 0 Å². The molecule has 1 fully saturated rings. The average molecular weight is 267 g/mol. The molecule has 1 N–H and O–H groups in total. The Balaban J connectivity index is 1.79. The van der Waals surface area contributed by atoms with E-state index in [1.165, 1.54) is 31.5 Å². The van der Waals surface area contributed by atoms with Gasteiger partial charge in [-0.25, -0.2) is 0 Å². The summed E-state index contributed by atoms with van der Waals surface area (Å²) in [5, 5.41) is 4.45. The minimum Gasteiger partial charge on any atom is -0.310 e. The number of benzene rings is 1. The topological polar surface area (TPSA) is 15.3 Å². The lowest BCUT2D eigenvalue weighted by atomic mass is 9.96. The van der Waals surface area contributed by atoms with Crippen molar-refractivity contribution in [1.29, 1.82) is 0 Å². The lowest BCUT2D eigenvalue weighted by Gasteiger charge is -2.30. The summed E-state index contributed by atoms with van der Waals surface area (Å²) in [4.78, 5) is 2.41. The smallest absolute Gasteiger partial charge is 0.0409 e. The molecule has 1 atom stereocenters. The van der Waals surface area contributed by atoms with Gasteiger partial charge in [0.2, 0.25) is 0 Å². The highest BCUT2D eigenvalue weighted by molar-refractivity contribution is 6.30. The number of rotatable bonds is 4. The van der Waals surface area contributed by atoms with Crippen molar-refractivity contribution in [3.8, 4) is 0 Å². The molecule has 100 valence electrons. The van der Waals surface area contributed by atoms with Gasteiger partial charge in [-0.1, -0.05) is 23.7 Å². The number of piperidine rings is 1. The summed E-state index contributed by atoms with van der Waals surface area (Å²) in [6.07, 6.45) is 2.62. The molecule has 0 saturated carbocycles. The molecule has 1 aromatic carbocycles. The van der Waals surface area contributed by atoms with Crippen molar-refractivity contribution in [2.75, 3.05) is 26.7 Å². The van der Waals surface area contributed by atoms with Gasteiger partial charge < -0.3 is 10.2 Å². The third-order valence-corrected chi connectivity index (χ3v) is 4.13. The molecular weight excluding hydrogens is 244 g/mol. The molecule has 18 heavy (non-hydrogen) atoms. The molecule has 0 radical (unpaired) electrons. The Labute approximate surface area is 115 Å². The van der Waals surface area contributed by atoms with Crippen LogP contribution in [0.25, 0.3) is 0 Å². The summed E-state index contributed by atoms with van der Waals surface area (Å²) >= 11 is 6.02. The van der Waals surface area contributed by atoms with Crippen LogP contribution in [0.15, 0.2) is 24.3 Å².